The van der Waals surface area contributed by atoms with E-state index in [1.54, 1.807) is 0 Å². The second-order valence-corrected chi connectivity index (χ2v) is 14.6. The Bertz CT molecular complexity index is 854. The number of unbranched alkanes of at least 4 members (excludes halogenated alkanes) is 1. The molecule has 24 heteroatoms. The van der Waals surface area contributed by atoms with Crippen LogP contribution in [0.4, 0.5) is 0 Å². The lowest BCUT2D eigenvalue weighted by molar-refractivity contribution is -0.0281. The lowest BCUT2D eigenvalue weighted by Crippen LogP contribution is -2.15. The minimum Gasteiger partial charge on any atom is -0.394 e. The van der Waals surface area contributed by atoms with Crippen LogP contribution in [0.2, 0.25) is 0 Å². The summed E-state index contributed by atoms with van der Waals surface area (Å²) < 4.78 is 120. The van der Waals surface area contributed by atoms with E-state index in [2.05, 4.69) is 0 Å². The number of aliphatic hydroxyl groups is 2. The molecule has 0 aliphatic rings. The van der Waals surface area contributed by atoms with Crippen molar-refractivity contribution in [1.82, 2.24) is 0 Å². The Hall–Kier alpha value is -0.960. The Labute approximate surface area is 430 Å². The highest BCUT2D eigenvalue weighted by molar-refractivity contribution is 4.43. The quantitative estimate of drug-likeness (QED) is 0.0769. The van der Waals surface area contributed by atoms with Crippen molar-refractivity contribution in [2.75, 3.05) is 304 Å². The molecule has 0 fully saturated rings. The highest BCUT2D eigenvalue weighted by atomic mass is 16.6. The zero-order valence-corrected chi connectivity index (χ0v) is 43.8. The van der Waals surface area contributed by atoms with Crippen molar-refractivity contribution in [3.8, 4) is 0 Å². The minimum absolute atomic E-state index is 0.0192. The first-order chi connectivity index (χ1) is 35.9. The summed E-state index contributed by atoms with van der Waals surface area (Å²) >= 11 is 0. The van der Waals surface area contributed by atoms with Gasteiger partial charge in [0.05, 0.1) is 291 Å². The zero-order valence-electron chi connectivity index (χ0n) is 43.8. The van der Waals surface area contributed by atoms with Crippen molar-refractivity contribution in [2.24, 2.45) is 0 Å². The number of hydrogen-bond donors (Lipinski definition) is 2. The summed E-state index contributed by atoms with van der Waals surface area (Å²) in [6.07, 6.45) is 1.84. The van der Waals surface area contributed by atoms with Gasteiger partial charge in [0, 0.05) is 13.2 Å². The molecule has 0 aliphatic heterocycles. The summed E-state index contributed by atoms with van der Waals surface area (Å²) in [4.78, 5) is 0. The summed E-state index contributed by atoms with van der Waals surface area (Å²) in [5, 5.41) is 17.2. The average Bonchev–Trinajstić information content (AvgIpc) is 3.39. The topological polar surface area (TPSA) is 244 Å². The summed E-state index contributed by atoms with van der Waals surface area (Å²) in [5.74, 6) is 0. The first-order valence-corrected chi connectivity index (χ1v) is 25.8. The van der Waals surface area contributed by atoms with Gasteiger partial charge in [-0.1, -0.05) is 0 Å². The average molecular weight is 1060 g/mol. The maximum Gasteiger partial charge on any atom is 0.0701 e. The molecule has 0 rings (SSSR count). The van der Waals surface area contributed by atoms with E-state index in [4.69, 9.17) is 114 Å². The molecule has 0 aromatic rings. The van der Waals surface area contributed by atoms with E-state index in [0.717, 1.165) is 12.8 Å². The monoisotopic (exact) mass is 1060 g/mol. The first-order valence-electron chi connectivity index (χ1n) is 25.8. The molecule has 0 saturated heterocycles. The molecular weight excluding hydrogens is 961 g/mol. The molecule has 0 radical (unpaired) electrons. The number of aliphatic hydroxyl groups excluding tert-OH is 2. The van der Waals surface area contributed by atoms with E-state index in [0.29, 0.717) is 291 Å². The highest BCUT2D eigenvalue weighted by Gasteiger charge is 2.00. The Balaban J connectivity index is 3.07. The van der Waals surface area contributed by atoms with Crippen LogP contribution in [0.1, 0.15) is 12.8 Å². The van der Waals surface area contributed by atoms with Crippen LogP contribution in [-0.2, 0) is 104 Å². The second-order valence-electron chi connectivity index (χ2n) is 14.6. The van der Waals surface area contributed by atoms with Crippen LogP contribution in [0, 0.1) is 0 Å². The highest BCUT2D eigenvalue weighted by Crippen LogP contribution is 1.94. The van der Waals surface area contributed by atoms with Crippen LogP contribution in [0.5, 0.6) is 0 Å². The van der Waals surface area contributed by atoms with Gasteiger partial charge in [0.2, 0.25) is 0 Å². The van der Waals surface area contributed by atoms with Crippen molar-refractivity contribution in [3.05, 3.63) is 0 Å². The lowest BCUT2D eigenvalue weighted by atomic mass is 10.3. The van der Waals surface area contributed by atoms with Crippen molar-refractivity contribution in [3.63, 3.8) is 0 Å². The molecule has 72 heavy (non-hydrogen) atoms. The molecule has 0 atom stereocenters. The molecule has 0 spiro atoms. The Morgan fingerprint density at radius 1 is 0.111 bits per heavy atom. The fourth-order valence-corrected chi connectivity index (χ4v) is 5.14. The smallest absolute Gasteiger partial charge is 0.0701 e. The Morgan fingerprint density at radius 3 is 0.292 bits per heavy atom. The van der Waals surface area contributed by atoms with Crippen LogP contribution < -0.4 is 0 Å². The van der Waals surface area contributed by atoms with Gasteiger partial charge in [0.15, 0.2) is 0 Å². The largest absolute Gasteiger partial charge is 0.394 e. The fourth-order valence-electron chi connectivity index (χ4n) is 5.14. The molecule has 0 amide bonds. The molecule has 0 saturated carbocycles. The lowest BCUT2D eigenvalue weighted by Gasteiger charge is -2.09. The van der Waals surface area contributed by atoms with E-state index in [-0.39, 0.29) is 13.2 Å². The number of ether oxygens (including phenoxy) is 22. The van der Waals surface area contributed by atoms with Gasteiger partial charge in [-0.25, -0.2) is 0 Å². The van der Waals surface area contributed by atoms with Crippen molar-refractivity contribution in [1.29, 1.82) is 0 Å². The van der Waals surface area contributed by atoms with Gasteiger partial charge in [0.25, 0.3) is 0 Å². The van der Waals surface area contributed by atoms with Gasteiger partial charge >= 0.3 is 0 Å². The third-order valence-corrected chi connectivity index (χ3v) is 8.74. The molecule has 0 heterocycles. The van der Waals surface area contributed by atoms with Gasteiger partial charge in [-0.2, -0.15) is 0 Å². The van der Waals surface area contributed by atoms with Crippen molar-refractivity contribution >= 4 is 0 Å². The minimum atomic E-state index is 0.0192. The van der Waals surface area contributed by atoms with Crippen molar-refractivity contribution < 1.29 is 114 Å². The Morgan fingerprint density at radius 2 is 0.194 bits per heavy atom. The maximum absolute atomic E-state index is 8.61. The van der Waals surface area contributed by atoms with Gasteiger partial charge in [-0.05, 0) is 12.8 Å². The molecule has 0 bridgehead atoms. The second kappa shape index (κ2) is 70.0. The van der Waals surface area contributed by atoms with Gasteiger partial charge in [-0.3, -0.25) is 0 Å². The predicted molar refractivity (Wildman–Crippen MR) is 261 cm³/mol. The third-order valence-electron chi connectivity index (χ3n) is 8.74. The van der Waals surface area contributed by atoms with Crippen molar-refractivity contribution in [2.45, 2.75) is 12.8 Å². The Kier molecular flexibility index (Phi) is 69.1. The first kappa shape index (κ1) is 71.0. The molecule has 0 unspecified atom stereocenters. The molecule has 0 aromatic carbocycles. The molecule has 0 aromatic heterocycles. The molecule has 2 N–H and O–H groups in total. The molecule has 434 valence electrons. The van der Waals surface area contributed by atoms with Crippen LogP contribution in [0.25, 0.3) is 0 Å². The van der Waals surface area contributed by atoms with Crippen LogP contribution >= 0.6 is 0 Å². The zero-order chi connectivity index (χ0) is 51.5. The van der Waals surface area contributed by atoms with Gasteiger partial charge in [-0.15, -0.1) is 0 Å². The summed E-state index contributed by atoms with van der Waals surface area (Å²) in [6.45, 7) is 22.0. The van der Waals surface area contributed by atoms with Gasteiger partial charge < -0.3 is 114 Å². The predicted octanol–water partition coefficient (Wildman–Crippen LogP) is 0.116. The molecule has 0 aliphatic carbocycles. The SMILES string of the molecule is OCCOCCOCCOCCOCCOCCOCCOCCOCCOCCOCCOCCCCOCCOCCOCCOCCOCCOCCOCCOCCOCCOCCOCCO. The van der Waals surface area contributed by atoms with Crippen LogP contribution in [-0.4, -0.2) is 314 Å². The maximum atomic E-state index is 8.61. The molecular formula is C48H98O24. The van der Waals surface area contributed by atoms with E-state index in [1.807, 2.05) is 0 Å². The third kappa shape index (κ3) is 69.0. The summed E-state index contributed by atoms with van der Waals surface area (Å²) in [6, 6.07) is 0. The van der Waals surface area contributed by atoms with E-state index >= 15 is 0 Å². The fraction of sp³-hybridized carbons (Fsp3) is 1.00. The molecule has 24 nitrogen and oxygen atoms in total. The number of rotatable bonds is 69. The van der Waals surface area contributed by atoms with Gasteiger partial charge in [0.1, 0.15) is 0 Å². The summed E-state index contributed by atoms with van der Waals surface area (Å²) in [7, 11) is 0. The number of hydrogen-bond acceptors (Lipinski definition) is 24. The standard InChI is InChI=1S/C48H98O24/c49-3-7-53-11-15-57-19-23-61-27-31-65-35-39-69-43-47-71-45-41-67-37-33-63-29-25-59-21-17-55-13-9-51-5-1-2-6-52-10-14-56-18-22-60-26-30-64-34-38-68-42-46-72-48-44-70-40-36-66-32-28-62-24-20-58-16-12-54-8-4-50/h49-50H,1-48H2. The van der Waals surface area contributed by atoms with E-state index < -0.39 is 0 Å². The van der Waals surface area contributed by atoms with Crippen LogP contribution in [0.3, 0.4) is 0 Å². The van der Waals surface area contributed by atoms with E-state index in [1.165, 1.54) is 0 Å². The summed E-state index contributed by atoms with van der Waals surface area (Å²) in [5.41, 5.74) is 0. The normalized spacial score (nSPS) is 11.8. The van der Waals surface area contributed by atoms with E-state index in [9.17, 15) is 0 Å². The van der Waals surface area contributed by atoms with Crippen LogP contribution in [0.15, 0.2) is 0 Å².